The van der Waals surface area contributed by atoms with Crippen LogP contribution in [0.25, 0.3) is 11.0 Å². The van der Waals surface area contributed by atoms with E-state index in [2.05, 4.69) is 20.9 Å². The summed E-state index contributed by atoms with van der Waals surface area (Å²) < 4.78 is 7.01. The topological polar surface area (TPSA) is 56.2 Å². The first-order valence-electron chi connectivity index (χ1n) is 7.28. The molecule has 21 heavy (non-hydrogen) atoms. The quantitative estimate of drug-likeness (QED) is 0.628. The zero-order valence-electron chi connectivity index (χ0n) is 12.9. The number of likely N-dealkylation sites (N-methyl/N-ethyl adjacent to an activating group) is 1. The number of ether oxygens (including phenoxy) is 1. The first-order valence-corrected chi connectivity index (χ1v) is 7.28. The first-order chi connectivity index (χ1) is 10.1. The molecule has 0 bridgehead atoms. The molecule has 5 nitrogen and oxygen atoms in total. The lowest BCUT2D eigenvalue weighted by atomic mass is 9.95. The molecule has 0 aliphatic carbocycles. The molecule has 1 N–H and O–H groups in total. The maximum atomic E-state index is 11.8. The van der Waals surface area contributed by atoms with E-state index in [0.717, 1.165) is 36.8 Å². The van der Waals surface area contributed by atoms with Crippen molar-refractivity contribution in [3.63, 3.8) is 0 Å². The van der Waals surface area contributed by atoms with Gasteiger partial charge in [-0.1, -0.05) is 12.1 Å². The van der Waals surface area contributed by atoms with Crippen LogP contribution in [0.2, 0.25) is 0 Å². The number of nitrogens with one attached hydrogen (secondary N) is 1. The van der Waals surface area contributed by atoms with Crippen LogP contribution in [0.5, 0.6) is 0 Å². The van der Waals surface area contributed by atoms with Gasteiger partial charge in [-0.2, -0.15) is 0 Å². The van der Waals surface area contributed by atoms with E-state index in [1.54, 1.807) is 7.05 Å². The van der Waals surface area contributed by atoms with Crippen molar-refractivity contribution in [2.24, 2.45) is 0 Å². The number of hydrogen-bond donors (Lipinski definition) is 1. The van der Waals surface area contributed by atoms with Crippen LogP contribution in [0.4, 0.5) is 0 Å². The second-order valence-electron chi connectivity index (χ2n) is 5.46. The standard InChI is InChI=1S/C16H23N3O2/c1-16(17-2,15(20)21-3)10-6-7-11-19-12-18-13-8-4-5-9-14(13)19/h4-5,8-9,12,17H,6-7,10-11H2,1-3H3. The third-order valence-electron chi connectivity index (χ3n) is 4.04. The molecule has 2 aromatic rings. The second-order valence-corrected chi connectivity index (χ2v) is 5.46. The molecule has 0 spiro atoms. The van der Waals surface area contributed by atoms with E-state index in [1.165, 1.54) is 7.11 Å². The van der Waals surface area contributed by atoms with Crippen molar-refractivity contribution in [1.29, 1.82) is 0 Å². The third kappa shape index (κ3) is 3.42. The Balaban J connectivity index is 1.88. The average Bonchev–Trinajstić information content (AvgIpc) is 2.93. The normalized spacial score (nSPS) is 14.0. The number of aromatic nitrogens is 2. The summed E-state index contributed by atoms with van der Waals surface area (Å²) in [6.45, 7) is 2.78. The number of esters is 1. The molecular formula is C16H23N3O2. The van der Waals surface area contributed by atoms with Gasteiger partial charge in [-0.25, -0.2) is 4.98 Å². The highest BCUT2D eigenvalue weighted by Gasteiger charge is 2.31. The van der Waals surface area contributed by atoms with Gasteiger partial charge in [0.05, 0.1) is 24.5 Å². The summed E-state index contributed by atoms with van der Waals surface area (Å²) in [6, 6.07) is 8.11. The first kappa shape index (κ1) is 15.5. The summed E-state index contributed by atoms with van der Waals surface area (Å²) in [5.74, 6) is -0.210. The minimum atomic E-state index is -0.605. The minimum Gasteiger partial charge on any atom is -0.468 e. The molecule has 0 radical (unpaired) electrons. The van der Waals surface area contributed by atoms with Crippen LogP contribution in [0.3, 0.4) is 0 Å². The van der Waals surface area contributed by atoms with Gasteiger partial charge in [0.2, 0.25) is 0 Å². The molecule has 1 atom stereocenters. The number of carbonyl (C=O) groups is 1. The van der Waals surface area contributed by atoms with Gasteiger partial charge in [0.15, 0.2) is 0 Å². The number of rotatable bonds is 7. The monoisotopic (exact) mass is 289 g/mol. The van der Waals surface area contributed by atoms with Crippen molar-refractivity contribution < 1.29 is 9.53 Å². The highest BCUT2D eigenvalue weighted by atomic mass is 16.5. The predicted molar refractivity (Wildman–Crippen MR) is 83.1 cm³/mol. The van der Waals surface area contributed by atoms with E-state index in [0.29, 0.717) is 0 Å². The third-order valence-corrected chi connectivity index (χ3v) is 4.04. The Kier molecular flexibility index (Phi) is 4.96. The molecule has 0 aliphatic heterocycles. The van der Waals surface area contributed by atoms with Gasteiger partial charge in [0.1, 0.15) is 5.54 Å². The number of imidazole rings is 1. The highest BCUT2D eigenvalue weighted by molar-refractivity contribution is 5.80. The maximum absolute atomic E-state index is 11.8. The van der Waals surface area contributed by atoms with Crippen LogP contribution in [-0.2, 0) is 16.1 Å². The van der Waals surface area contributed by atoms with Crippen LogP contribution < -0.4 is 5.32 Å². The van der Waals surface area contributed by atoms with E-state index in [-0.39, 0.29) is 5.97 Å². The summed E-state index contributed by atoms with van der Waals surface area (Å²) >= 11 is 0. The van der Waals surface area contributed by atoms with E-state index < -0.39 is 5.54 Å². The van der Waals surface area contributed by atoms with Gasteiger partial charge in [0, 0.05) is 6.54 Å². The van der Waals surface area contributed by atoms with E-state index in [1.807, 2.05) is 31.5 Å². The number of unbranched alkanes of at least 4 members (excludes halogenated alkanes) is 1. The van der Waals surface area contributed by atoms with Gasteiger partial charge in [-0.15, -0.1) is 0 Å². The largest absolute Gasteiger partial charge is 0.468 e. The number of benzene rings is 1. The number of methoxy groups -OCH3 is 1. The lowest BCUT2D eigenvalue weighted by molar-refractivity contribution is -0.148. The molecule has 1 aromatic heterocycles. The Hall–Kier alpha value is -1.88. The van der Waals surface area contributed by atoms with Crippen molar-refractivity contribution >= 4 is 17.0 Å². The smallest absolute Gasteiger partial charge is 0.325 e. The van der Waals surface area contributed by atoms with Gasteiger partial charge >= 0.3 is 5.97 Å². The molecule has 0 aliphatic rings. The van der Waals surface area contributed by atoms with Gasteiger partial charge < -0.3 is 14.6 Å². The Labute approximate surface area is 125 Å². The van der Waals surface area contributed by atoms with Gasteiger partial charge in [0.25, 0.3) is 0 Å². The van der Waals surface area contributed by atoms with Crippen molar-refractivity contribution in [3.8, 4) is 0 Å². The highest BCUT2D eigenvalue weighted by Crippen LogP contribution is 2.17. The Morgan fingerprint density at radius 3 is 2.86 bits per heavy atom. The van der Waals surface area contributed by atoms with E-state index in [9.17, 15) is 4.79 Å². The predicted octanol–water partition coefficient (Wildman–Crippen LogP) is 2.36. The van der Waals surface area contributed by atoms with Crippen LogP contribution in [0, 0.1) is 0 Å². The number of fused-ring (bicyclic) bond motifs is 1. The average molecular weight is 289 g/mol. The van der Waals surface area contributed by atoms with Crippen LogP contribution in [0.15, 0.2) is 30.6 Å². The van der Waals surface area contributed by atoms with Gasteiger partial charge in [-0.3, -0.25) is 4.79 Å². The fraction of sp³-hybridized carbons (Fsp3) is 0.500. The molecule has 0 saturated heterocycles. The van der Waals surface area contributed by atoms with E-state index in [4.69, 9.17) is 4.74 Å². The number of nitrogens with zero attached hydrogens (tertiary/aromatic N) is 2. The Bertz CT molecular complexity index is 608. The lowest BCUT2D eigenvalue weighted by Gasteiger charge is -2.25. The fourth-order valence-electron chi connectivity index (χ4n) is 2.50. The molecule has 0 amide bonds. The Morgan fingerprint density at radius 1 is 1.38 bits per heavy atom. The summed E-state index contributed by atoms with van der Waals surface area (Å²) in [5.41, 5.74) is 1.57. The molecule has 0 fully saturated rings. The van der Waals surface area contributed by atoms with Crippen molar-refractivity contribution in [3.05, 3.63) is 30.6 Å². The van der Waals surface area contributed by atoms with Crippen molar-refractivity contribution in [1.82, 2.24) is 14.9 Å². The summed E-state index contributed by atoms with van der Waals surface area (Å²) in [7, 11) is 3.22. The molecular weight excluding hydrogens is 266 g/mol. The Morgan fingerprint density at radius 2 is 2.14 bits per heavy atom. The number of hydrogen-bond acceptors (Lipinski definition) is 4. The summed E-state index contributed by atoms with van der Waals surface area (Å²) in [6.07, 6.45) is 4.57. The van der Waals surface area contributed by atoms with Gasteiger partial charge in [-0.05, 0) is 45.4 Å². The van der Waals surface area contributed by atoms with Crippen LogP contribution >= 0.6 is 0 Å². The summed E-state index contributed by atoms with van der Waals surface area (Å²) in [5, 5.41) is 3.06. The number of aryl methyl sites for hydroxylation is 1. The maximum Gasteiger partial charge on any atom is 0.325 e. The van der Waals surface area contributed by atoms with Crippen molar-refractivity contribution in [2.75, 3.05) is 14.2 Å². The minimum absolute atomic E-state index is 0.210. The molecule has 1 unspecified atom stereocenters. The molecule has 1 aromatic carbocycles. The zero-order valence-corrected chi connectivity index (χ0v) is 12.9. The number of para-hydroxylation sites is 2. The lowest BCUT2D eigenvalue weighted by Crippen LogP contribution is -2.48. The number of carbonyl (C=O) groups excluding carboxylic acids is 1. The molecule has 1 heterocycles. The van der Waals surface area contributed by atoms with Crippen LogP contribution in [-0.4, -0.2) is 35.2 Å². The van der Waals surface area contributed by atoms with E-state index >= 15 is 0 Å². The van der Waals surface area contributed by atoms with Crippen molar-refractivity contribution in [2.45, 2.75) is 38.3 Å². The van der Waals surface area contributed by atoms with Crippen LogP contribution in [0.1, 0.15) is 26.2 Å². The molecule has 5 heteroatoms. The second kappa shape index (κ2) is 6.72. The fourth-order valence-corrected chi connectivity index (χ4v) is 2.50. The SMILES string of the molecule is CNC(C)(CCCCn1cnc2ccccc21)C(=O)OC. The zero-order chi connectivity index (χ0) is 15.3. The molecule has 2 rings (SSSR count). The molecule has 0 saturated carbocycles. The molecule has 114 valence electrons. The summed E-state index contributed by atoms with van der Waals surface area (Å²) in [4.78, 5) is 16.1.